The Morgan fingerprint density at radius 3 is 2.67 bits per heavy atom. The van der Waals surface area contributed by atoms with Crippen molar-refractivity contribution >= 4 is 5.84 Å². The molecule has 0 saturated carbocycles. The van der Waals surface area contributed by atoms with Crippen molar-refractivity contribution in [1.29, 1.82) is 0 Å². The minimum atomic E-state index is 0.929. The van der Waals surface area contributed by atoms with Gasteiger partial charge in [0.1, 0.15) is 5.84 Å². The average molecular weight is 162 g/mol. The molecule has 2 heteroatoms. The molecule has 0 aliphatic heterocycles. The number of benzene rings is 1. The molecule has 2 nitrogen and oxygen atoms in total. The Kier molecular flexibility index (Phi) is 2.86. The van der Waals surface area contributed by atoms with E-state index in [1.54, 1.807) is 7.05 Å². The van der Waals surface area contributed by atoms with Crippen molar-refractivity contribution in [3.05, 3.63) is 35.4 Å². The van der Waals surface area contributed by atoms with Gasteiger partial charge < -0.3 is 5.32 Å². The van der Waals surface area contributed by atoms with Crippen LogP contribution in [-0.4, -0.2) is 19.9 Å². The molecule has 1 aromatic carbocycles. The second-order valence-electron chi connectivity index (χ2n) is 2.69. The van der Waals surface area contributed by atoms with Crippen molar-refractivity contribution in [2.24, 2.45) is 4.99 Å². The zero-order valence-corrected chi connectivity index (χ0v) is 7.76. The number of nitrogens with zero attached hydrogens (tertiary/aromatic N) is 1. The van der Waals surface area contributed by atoms with Gasteiger partial charge in [-0.05, 0) is 13.0 Å². The number of amidine groups is 1. The number of nitrogens with one attached hydrogen (secondary N) is 1. The van der Waals surface area contributed by atoms with Crippen molar-refractivity contribution in [3.63, 3.8) is 0 Å². The lowest BCUT2D eigenvalue weighted by Crippen LogP contribution is -2.19. The van der Waals surface area contributed by atoms with Gasteiger partial charge in [-0.25, -0.2) is 0 Å². The number of hydrogen-bond acceptors (Lipinski definition) is 1. The highest BCUT2D eigenvalue weighted by molar-refractivity contribution is 5.98. The van der Waals surface area contributed by atoms with E-state index in [-0.39, 0.29) is 0 Å². The number of aliphatic imine (C=N–C) groups is 1. The second kappa shape index (κ2) is 3.90. The Hall–Kier alpha value is -1.31. The first kappa shape index (κ1) is 8.78. The third-order valence-electron chi connectivity index (χ3n) is 1.75. The summed E-state index contributed by atoms with van der Waals surface area (Å²) in [6.07, 6.45) is 0. The van der Waals surface area contributed by atoms with Crippen molar-refractivity contribution < 1.29 is 0 Å². The first-order chi connectivity index (χ1) is 5.77. The molecule has 1 aromatic rings. The molecule has 0 spiro atoms. The molecule has 0 fully saturated rings. The number of aryl methyl sites for hydroxylation is 1. The zero-order chi connectivity index (χ0) is 8.97. The van der Waals surface area contributed by atoms with Gasteiger partial charge in [0.15, 0.2) is 0 Å². The zero-order valence-electron chi connectivity index (χ0n) is 7.76. The third-order valence-corrected chi connectivity index (χ3v) is 1.75. The van der Waals surface area contributed by atoms with Crippen molar-refractivity contribution in [3.8, 4) is 0 Å². The summed E-state index contributed by atoms with van der Waals surface area (Å²) in [5.74, 6) is 0.929. The summed E-state index contributed by atoms with van der Waals surface area (Å²) in [5.41, 5.74) is 2.39. The average Bonchev–Trinajstić information content (AvgIpc) is 2.07. The molecule has 0 heterocycles. The SMILES string of the molecule is CN=C(NC)c1cccc(C)c1. The largest absolute Gasteiger partial charge is 0.373 e. The van der Waals surface area contributed by atoms with E-state index < -0.39 is 0 Å². The van der Waals surface area contributed by atoms with Gasteiger partial charge in [0.25, 0.3) is 0 Å². The highest BCUT2D eigenvalue weighted by atomic mass is 14.9. The third kappa shape index (κ3) is 1.84. The van der Waals surface area contributed by atoms with Crippen LogP contribution in [-0.2, 0) is 0 Å². The van der Waals surface area contributed by atoms with Crippen LogP contribution in [0.1, 0.15) is 11.1 Å². The van der Waals surface area contributed by atoms with Crippen LogP contribution in [0.5, 0.6) is 0 Å². The van der Waals surface area contributed by atoms with E-state index in [0.717, 1.165) is 11.4 Å². The predicted octanol–water partition coefficient (Wildman–Crippen LogP) is 1.59. The monoisotopic (exact) mass is 162 g/mol. The molecule has 0 atom stereocenters. The van der Waals surface area contributed by atoms with Gasteiger partial charge in [-0.2, -0.15) is 0 Å². The lowest BCUT2D eigenvalue weighted by atomic mass is 10.1. The summed E-state index contributed by atoms with van der Waals surface area (Å²) in [7, 11) is 3.67. The minimum absolute atomic E-state index is 0.929. The van der Waals surface area contributed by atoms with Crippen LogP contribution < -0.4 is 5.32 Å². The Bertz CT molecular complexity index is 290. The molecular formula is C10H14N2. The first-order valence-corrected chi connectivity index (χ1v) is 3.99. The maximum atomic E-state index is 4.12. The summed E-state index contributed by atoms with van der Waals surface area (Å²) in [6.45, 7) is 2.08. The fraction of sp³-hybridized carbons (Fsp3) is 0.300. The normalized spacial score (nSPS) is 11.4. The van der Waals surface area contributed by atoms with E-state index in [0.29, 0.717) is 0 Å². The van der Waals surface area contributed by atoms with E-state index >= 15 is 0 Å². The van der Waals surface area contributed by atoms with Crippen molar-refractivity contribution in [2.45, 2.75) is 6.92 Å². The van der Waals surface area contributed by atoms with Crippen LogP contribution >= 0.6 is 0 Å². The molecule has 0 unspecified atom stereocenters. The standard InChI is InChI=1S/C10H14N2/c1-8-5-4-6-9(7-8)10(11-2)12-3/h4-7H,1-3H3,(H,11,12). The Balaban J connectivity index is 3.02. The van der Waals surface area contributed by atoms with Gasteiger partial charge in [0, 0.05) is 19.7 Å². The molecule has 0 aliphatic carbocycles. The predicted molar refractivity (Wildman–Crippen MR) is 52.7 cm³/mol. The van der Waals surface area contributed by atoms with E-state index in [2.05, 4.69) is 29.4 Å². The lowest BCUT2D eigenvalue weighted by Gasteiger charge is -2.04. The number of rotatable bonds is 1. The Morgan fingerprint density at radius 2 is 2.17 bits per heavy atom. The first-order valence-electron chi connectivity index (χ1n) is 3.99. The van der Waals surface area contributed by atoms with Gasteiger partial charge in [-0.1, -0.05) is 23.8 Å². The summed E-state index contributed by atoms with van der Waals surface area (Å²) in [5, 5.41) is 3.05. The Labute approximate surface area is 73.3 Å². The Morgan fingerprint density at radius 1 is 1.42 bits per heavy atom. The maximum absolute atomic E-state index is 4.12. The summed E-state index contributed by atoms with van der Waals surface area (Å²) >= 11 is 0. The van der Waals surface area contributed by atoms with Crippen molar-refractivity contribution in [2.75, 3.05) is 14.1 Å². The van der Waals surface area contributed by atoms with Crippen LogP contribution in [0.3, 0.4) is 0 Å². The van der Waals surface area contributed by atoms with E-state index in [9.17, 15) is 0 Å². The fourth-order valence-electron chi connectivity index (χ4n) is 1.18. The second-order valence-corrected chi connectivity index (χ2v) is 2.69. The van der Waals surface area contributed by atoms with Crippen LogP contribution in [0.4, 0.5) is 0 Å². The molecule has 0 saturated heterocycles. The molecule has 1 N–H and O–H groups in total. The molecule has 12 heavy (non-hydrogen) atoms. The summed E-state index contributed by atoms with van der Waals surface area (Å²) in [6, 6.07) is 8.27. The molecule has 0 radical (unpaired) electrons. The van der Waals surface area contributed by atoms with Crippen LogP contribution in [0.2, 0.25) is 0 Å². The maximum Gasteiger partial charge on any atom is 0.127 e. The van der Waals surface area contributed by atoms with Gasteiger partial charge >= 0.3 is 0 Å². The van der Waals surface area contributed by atoms with Crippen LogP contribution in [0, 0.1) is 6.92 Å². The topological polar surface area (TPSA) is 24.4 Å². The van der Waals surface area contributed by atoms with E-state index in [4.69, 9.17) is 0 Å². The molecule has 0 aliphatic rings. The molecule has 0 bridgehead atoms. The van der Waals surface area contributed by atoms with Crippen LogP contribution in [0.25, 0.3) is 0 Å². The van der Waals surface area contributed by atoms with E-state index in [1.165, 1.54) is 5.56 Å². The highest BCUT2D eigenvalue weighted by Crippen LogP contribution is 2.03. The molecule has 64 valence electrons. The van der Waals surface area contributed by atoms with Gasteiger partial charge in [-0.3, -0.25) is 4.99 Å². The van der Waals surface area contributed by atoms with Crippen LogP contribution in [0.15, 0.2) is 29.3 Å². The lowest BCUT2D eigenvalue weighted by molar-refractivity contribution is 1.15. The highest BCUT2D eigenvalue weighted by Gasteiger charge is 1.97. The molecular weight excluding hydrogens is 148 g/mol. The minimum Gasteiger partial charge on any atom is -0.373 e. The molecule has 0 amide bonds. The van der Waals surface area contributed by atoms with E-state index in [1.807, 2.05) is 19.2 Å². The van der Waals surface area contributed by atoms with Gasteiger partial charge in [0.05, 0.1) is 0 Å². The van der Waals surface area contributed by atoms with Gasteiger partial charge in [0.2, 0.25) is 0 Å². The fourth-order valence-corrected chi connectivity index (χ4v) is 1.18. The smallest absolute Gasteiger partial charge is 0.127 e. The summed E-state index contributed by atoms with van der Waals surface area (Å²) < 4.78 is 0. The van der Waals surface area contributed by atoms with Gasteiger partial charge in [-0.15, -0.1) is 0 Å². The summed E-state index contributed by atoms with van der Waals surface area (Å²) in [4.78, 5) is 4.12. The molecule has 1 rings (SSSR count). The molecule has 0 aromatic heterocycles. The van der Waals surface area contributed by atoms with Crippen molar-refractivity contribution in [1.82, 2.24) is 5.32 Å². The quantitative estimate of drug-likeness (QED) is 0.492. The number of hydrogen-bond donors (Lipinski definition) is 1.